The van der Waals surface area contributed by atoms with Crippen LogP contribution in [0.5, 0.6) is 11.5 Å². The molecule has 0 aliphatic heterocycles. The van der Waals surface area contributed by atoms with E-state index in [1.54, 1.807) is 36.4 Å². The van der Waals surface area contributed by atoms with E-state index in [-0.39, 0.29) is 28.6 Å². The molecule has 0 radical (unpaired) electrons. The van der Waals surface area contributed by atoms with E-state index in [2.05, 4.69) is 10.6 Å². The van der Waals surface area contributed by atoms with Crippen LogP contribution in [0.3, 0.4) is 0 Å². The van der Waals surface area contributed by atoms with Crippen molar-refractivity contribution in [1.82, 2.24) is 5.32 Å². The summed E-state index contributed by atoms with van der Waals surface area (Å²) < 4.78 is 36.4. The second kappa shape index (κ2) is 9.90. The molecule has 0 bridgehead atoms. The fraction of sp³-hybridized carbons (Fsp3) is 0.364. The zero-order valence-corrected chi connectivity index (χ0v) is 19.9. The number of carbonyl (C=O) groups excluding carboxylic acids is 2. The highest BCUT2D eigenvalue weighted by Gasteiger charge is 2.26. The standard InChI is InChI=1S/C22H29N3O6S/c1-22(2,3)24-21(27)16-9-7-8-10-17(16)23-20(26)14-25(32(6,28)29)18-13-15(30-4)11-12-19(18)31-5/h7-13H,14H2,1-6H3,(H,23,26)(H,24,27). The van der Waals surface area contributed by atoms with Gasteiger partial charge in [-0.05, 0) is 45.0 Å². The van der Waals surface area contributed by atoms with Gasteiger partial charge in [0.05, 0.1) is 37.4 Å². The average molecular weight is 464 g/mol. The molecule has 0 spiro atoms. The van der Waals surface area contributed by atoms with Crippen LogP contribution in [0.4, 0.5) is 11.4 Å². The first-order valence-corrected chi connectivity index (χ1v) is 11.6. The van der Waals surface area contributed by atoms with Crippen LogP contribution in [0.2, 0.25) is 0 Å². The van der Waals surface area contributed by atoms with Crippen LogP contribution >= 0.6 is 0 Å². The Morgan fingerprint density at radius 1 is 1.03 bits per heavy atom. The quantitative estimate of drug-likeness (QED) is 0.622. The molecule has 2 N–H and O–H groups in total. The number of nitrogens with zero attached hydrogens (tertiary/aromatic N) is 1. The van der Waals surface area contributed by atoms with Gasteiger partial charge < -0.3 is 20.1 Å². The lowest BCUT2D eigenvalue weighted by Crippen LogP contribution is -2.41. The largest absolute Gasteiger partial charge is 0.497 e. The number of methoxy groups -OCH3 is 2. The molecule has 174 valence electrons. The summed E-state index contributed by atoms with van der Waals surface area (Å²) in [6.07, 6.45) is 0.990. The van der Waals surface area contributed by atoms with Crippen molar-refractivity contribution < 1.29 is 27.5 Å². The number of rotatable bonds is 8. The summed E-state index contributed by atoms with van der Waals surface area (Å²) in [5.74, 6) is -0.327. The van der Waals surface area contributed by atoms with Crippen LogP contribution in [0.15, 0.2) is 42.5 Å². The minimum absolute atomic E-state index is 0.156. The Kier molecular flexibility index (Phi) is 7.73. The number of carbonyl (C=O) groups is 2. The monoisotopic (exact) mass is 463 g/mol. The van der Waals surface area contributed by atoms with Crippen LogP contribution in [0.25, 0.3) is 0 Å². The van der Waals surface area contributed by atoms with Gasteiger partial charge in [0.25, 0.3) is 5.91 Å². The van der Waals surface area contributed by atoms with Gasteiger partial charge in [-0.25, -0.2) is 8.42 Å². The van der Waals surface area contributed by atoms with Gasteiger partial charge >= 0.3 is 0 Å². The number of benzene rings is 2. The number of hydrogen-bond acceptors (Lipinski definition) is 6. The van der Waals surface area contributed by atoms with Crippen molar-refractivity contribution >= 4 is 33.2 Å². The van der Waals surface area contributed by atoms with Gasteiger partial charge in [-0.15, -0.1) is 0 Å². The van der Waals surface area contributed by atoms with Gasteiger partial charge in [-0.1, -0.05) is 12.1 Å². The Morgan fingerprint density at radius 2 is 1.69 bits per heavy atom. The minimum Gasteiger partial charge on any atom is -0.497 e. The Labute approximate surface area is 188 Å². The molecule has 0 fully saturated rings. The van der Waals surface area contributed by atoms with Crippen molar-refractivity contribution in [3.63, 3.8) is 0 Å². The molecule has 2 aromatic carbocycles. The number of para-hydroxylation sites is 1. The molecule has 2 amide bonds. The Morgan fingerprint density at radius 3 is 2.25 bits per heavy atom. The number of hydrogen-bond donors (Lipinski definition) is 2. The maximum absolute atomic E-state index is 12.8. The van der Waals surface area contributed by atoms with Crippen LogP contribution in [-0.4, -0.2) is 52.8 Å². The van der Waals surface area contributed by atoms with E-state index in [0.29, 0.717) is 5.75 Å². The van der Waals surface area contributed by atoms with E-state index in [9.17, 15) is 18.0 Å². The van der Waals surface area contributed by atoms with Crippen molar-refractivity contribution in [2.45, 2.75) is 26.3 Å². The molecule has 0 saturated heterocycles. The zero-order valence-electron chi connectivity index (χ0n) is 19.1. The number of nitrogens with one attached hydrogen (secondary N) is 2. The maximum atomic E-state index is 12.8. The first-order valence-electron chi connectivity index (χ1n) is 9.77. The lowest BCUT2D eigenvalue weighted by atomic mass is 10.1. The summed E-state index contributed by atoms with van der Waals surface area (Å²) in [4.78, 5) is 25.5. The van der Waals surface area contributed by atoms with Gasteiger partial charge in [-0.3, -0.25) is 13.9 Å². The Hall–Kier alpha value is -3.27. The summed E-state index contributed by atoms with van der Waals surface area (Å²) >= 11 is 0. The predicted molar refractivity (Wildman–Crippen MR) is 124 cm³/mol. The number of amides is 2. The average Bonchev–Trinajstić information content (AvgIpc) is 2.69. The van der Waals surface area contributed by atoms with Gasteiger partial charge in [0.1, 0.15) is 18.0 Å². The van der Waals surface area contributed by atoms with Crippen molar-refractivity contribution in [2.24, 2.45) is 0 Å². The van der Waals surface area contributed by atoms with Crippen LogP contribution in [-0.2, 0) is 14.8 Å². The summed E-state index contributed by atoms with van der Waals surface area (Å²) in [7, 11) is -1.01. The van der Waals surface area contributed by atoms with Crippen LogP contribution < -0.4 is 24.4 Å². The van der Waals surface area contributed by atoms with Crippen molar-refractivity contribution in [3.05, 3.63) is 48.0 Å². The molecule has 0 atom stereocenters. The van der Waals surface area contributed by atoms with E-state index in [1.807, 2.05) is 20.8 Å². The Bertz CT molecular complexity index is 1090. The molecule has 0 heterocycles. The van der Waals surface area contributed by atoms with Crippen molar-refractivity contribution in [2.75, 3.05) is 36.6 Å². The lowest BCUT2D eigenvalue weighted by Gasteiger charge is -2.25. The molecule has 0 unspecified atom stereocenters. The normalized spacial score (nSPS) is 11.4. The SMILES string of the molecule is COc1ccc(OC)c(N(CC(=O)Nc2ccccc2C(=O)NC(C)(C)C)S(C)(=O)=O)c1. The highest BCUT2D eigenvalue weighted by Crippen LogP contribution is 2.33. The number of sulfonamides is 1. The van der Waals surface area contributed by atoms with Gasteiger partial charge in [0.15, 0.2) is 0 Å². The summed E-state index contributed by atoms with van der Waals surface area (Å²) in [6.45, 7) is 5.00. The first kappa shape index (κ1) is 25.0. The number of anilines is 2. The first-order chi connectivity index (χ1) is 14.9. The molecule has 2 rings (SSSR count). The predicted octanol–water partition coefficient (Wildman–Crippen LogP) is 2.64. The molecule has 10 heteroatoms. The third-order valence-corrected chi connectivity index (χ3v) is 5.40. The molecule has 0 aromatic heterocycles. The maximum Gasteiger partial charge on any atom is 0.253 e. The highest BCUT2D eigenvalue weighted by atomic mass is 32.2. The molecular formula is C22H29N3O6S. The summed E-state index contributed by atoms with van der Waals surface area (Å²) in [5.41, 5.74) is 0.221. The van der Waals surface area contributed by atoms with Crippen molar-refractivity contribution in [3.8, 4) is 11.5 Å². The fourth-order valence-corrected chi connectivity index (χ4v) is 3.74. The third-order valence-electron chi connectivity index (χ3n) is 4.28. The molecule has 0 aliphatic rings. The topological polar surface area (TPSA) is 114 Å². The molecule has 32 heavy (non-hydrogen) atoms. The fourth-order valence-electron chi connectivity index (χ4n) is 2.89. The molecule has 2 aromatic rings. The summed E-state index contributed by atoms with van der Waals surface area (Å²) in [5, 5.41) is 5.48. The summed E-state index contributed by atoms with van der Waals surface area (Å²) in [6, 6.07) is 11.1. The van der Waals surface area contributed by atoms with E-state index >= 15 is 0 Å². The van der Waals surface area contributed by atoms with Gasteiger partial charge in [-0.2, -0.15) is 0 Å². The van der Waals surface area contributed by atoms with E-state index < -0.39 is 28.0 Å². The van der Waals surface area contributed by atoms with Gasteiger partial charge in [0, 0.05) is 11.6 Å². The Balaban J connectivity index is 2.34. The van der Waals surface area contributed by atoms with Gasteiger partial charge in [0.2, 0.25) is 15.9 Å². The zero-order chi connectivity index (χ0) is 24.1. The van der Waals surface area contributed by atoms with E-state index in [4.69, 9.17) is 9.47 Å². The van der Waals surface area contributed by atoms with E-state index in [0.717, 1.165) is 10.6 Å². The van der Waals surface area contributed by atoms with Crippen LogP contribution in [0.1, 0.15) is 31.1 Å². The smallest absolute Gasteiger partial charge is 0.253 e. The molecular weight excluding hydrogens is 434 g/mol. The minimum atomic E-state index is -3.86. The molecule has 9 nitrogen and oxygen atoms in total. The highest BCUT2D eigenvalue weighted by molar-refractivity contribution is 7.92. The second-order valence-electron chi connectivity index (χ2n) is 8.11. The lowest BCUT2D eigenvalue weighted by molar-refractivity contribution is -0.114. The van der Waals surface area contributed by atoms with Crippen molar-refractivity contribution in [1.29, 1.82) is 0 Å². The molecule has 0 aliphatic carbocycles. The second-order valence-corrected chi connectivity index (χ2v) is 10.0. The van der Waals surface area contributed by atoms with Crippen LogP contribution in [0, 0.1) is 0 Å². The third kappa shape index (κ3) is 6.61. The number of ether oxygens (including phenoxy) is 2. The molecule has 0 saturated carbocycles. The van der Waals surface area contributed by atoms with E-state index in [1.165, 1.54) is 20.3 Å².